The fraction of sp³-hybridized carbons (Fsp3) is 0.412. The molecular formula is C17H24N4. The third-order valence-corrected chi connectivity index (χ3v) is 3.54. The second-order valence-electron chi connectivity index (χ2n) is 5.61. The third-order valence-electron chi connectivity index (χ3n) is 3.54. The zero-order chi connectivity index (χ0) is 15.2. The number of anilines is 1. The van der Waals surface area contributed by atoms with Crippen molar-refractivity contribution in [3.63, 3.8) is 0 Å². The zero-order valence-corrected chi connectivity index (χ0v) is 13.1. The molecule has 0 amide bonds. The van der Waals surface area contributed by atoms with Gasteiger partial charge in [-0.15, -0.1) is 0 Å². The van der Waals surface area contributed by atoms with E-state index in [0.717, 1.165) is 35.7 Å². The molecule has 112 valence electrons. The van der Waals surface area contributed by atoms with Gasteiger partial charge in [-0.05, 0) is 35.7 Å². The molecule has 0 aliphatic heterocycles. The van der Waals surface area contributed by atoms with E-state index >= 15 is 0 Å². The highest BCUT2D eigenvalue weighted by Gasteiger charge is 2.09. The first-order chi connectivity index (χ1) is 10.1. The number of likely N-dealkylation sites (N-methyl/N-ethyl adjacent to an activating group) is 1. The van der Waals surface area contributed by atoms with Crippen molar-refractivity contribution in [2.45, 2.75) is 32.7 Å². The van der Waals surface area contributed by atoms with E-state index in [0.29, 0.717) is 12.5 Å². The molecule has 2 N–H and O–H groups in total. The Labute approximate surface area is 127 Å². The molecule has 21 heavy (non-hydrogen) atoms. The van der Waals surface area contributed by atoms with Crippen LogP contribution in [0.5, 0.6) is 0 Å². The molecule has 2 heterocycles. The van der Waals surface area contributed by atoms with Crippen LogP contribution in [0.3, 0.4) is 0 Å². The van der Waals surface area contributed by atoms with Gasteiger partial charge in [0, 0.05) is 44.1 Å². The maximum Gasteiger partial charge on any atom is 0.128 e. The van der Waals surface area contributed by atoms with Crippen LogP contribution in [0.1, 0.15) is 36.7 Å². The first-order valence-corrected chi connectivity index (χ1v) is 7.42. The van der Waals surface area contributed by atoms with Crippen LogP contribution in [-0.2, 0) is 13.0 Å². The minimum absolute atomic E-state index is 0.402. The van der Waals surface area contributed by atoms with Crippen molar-refractivity contribution in [2.75, 3.05) is 18.5 Å². The molecule has 0 aliphatic carbocycles. The van der Waals surface area contributed by atoms with Gasteiger partial charge in [0.1, 0.15) is 5.82 Å². The monoisotopic (exact) mass is 284 g/mol. The first-order valence-electron chi connectivity index (χ1n) is 7.42. The van der Waals surface area contributed by atoms with E-state index in [1.807, 2.05) is 18.3 Å². The number of hydrogen-bond donors (Lipinski definition) is 1. The van der Waals surface area contributed by atoms with Crippen LogP contribution in [0.25, 0.3) is 0 Å². The number of nitrogens with two attached hydrogens (primary N) is 1. The number of aromatic nitrogens is 2. The molecule has 0 aliphatic rings. The average Bonchev–Trinajstić information content (AvgIpc) is 2.53. The van der Waals surface area contributed by atoms with Crippen LogP contribution in [0.2, 0.25) is 0 Å². The lowest BCUT2D eigenvalue weighted by Gasteiger charge is -2.20. The molecule has 0 aromatic carbocycles. The summed E-state index contributed by atoms with van der Waals surface area (Å²) in [4.78, 5) is 11.3. The third kappa shape index (κ3) is 4.26. The van der Waals surface area contributed by atoms with Gasteiger partial charge in [0.25, 0.3) is 0 Å². The molecule has 2 aromatic rings. The molecule has 0 fully saturated rings. The Balaban J connectivity index is 2.11. The SMILES string of the molecule is CC(C)c1cc(CN)cc(N(C)CCc2ccccn2)n1. The van der Waals surface area contributed by atoms with Crippen molar-refractivity contribution >= 4 is 5.82 Å². The van der Waals surface area contributed by atoms with E-state index in [1.165, 1.54) is 0 Å². The van der Waals surface area contributed by atoms with E-state index in [9.17, 15) is 0 Å². The molecule has 4 heteroatoms. The summed E-state index contributed by atoms with van der Waals surface area (Å²) < 4.78 is 0. The van der Waals surface area contributed by atoms with Crippen LogP contribution in [0, 0.1) is 0 Å². The number of pyridine rings is 2. The van der Waals surface area contributed by atoms with E-state index in [1.54, 1.807) is 0 Å². The molecule has 0 saturated carbocycles. The second-order valence-corrected chi connectivity index (χ2v) is 5.61. The van der Waals surface area contributed by atoms with Crippen LogP contribution < -0.4 is 10.6 Å². The van der Waals surface area contributed by atoms with Crippen molar-refractivity contribution < 1.29 is 0 Å². The highest BCUT2D eigenvalue weighted by Crippen LogP contribution is 2.19. The Morgan fingerprint density at radius 3 is 2.67 bits per heavy atom. The van der Waals surface area contributed by atoms with E-state index < -0.39 is 0 Å². The molecule has 0 atom stereocenters. The van der Waals surface area contributed by atoms with Crippen LogP contribution in [0.4, 0.5) is 5.82 Å². The van der Waals surface area contributed by atoms with Crippen molar-refractivity contribution in [1.29, 1.82) is 0 Å². The predicted octanol–water partition coefficient (Wildman–Crippen LogP) is 2.74. The zero-order valence-electron chi connectivity index (χ0n) is 13.1. The lowest BCUT2D eigenvalue weighted by Crippen LogP contribution is -2.22. The molecule has 0 unspecified atom stereocenters. The van der Waals surface area contributed by atoms with Gasteiger partial charge in [-0.1, -0.05) is 19.9 Å². The molecule has 0 bridgehead atoms. The maximum absolute atomic E-state index is 5.80. The fourth-order valence-electron chi connectivity index (χ4n) is 2.15. The highest BCUT2D eigenvalue weighted by atomic mass is 15.2. The molecule has 0 radical (unpaired) electrons. The van der Waals surface area contributed by atoms with Gasteiger partial charge in [-0.25, -0.2) is 4.98 Å². The lowest BCUT2D eigenvalue weighted by molar-refractivity contribution is 0.790. The number of nitrogens with zero attached hydrogens (tertiary/aromatic N) is 3. The largest absolute Gasteiger partial charge is 0.359 e. The minimum atomic E-state index is 0.402. The topological polar surface area (TPSA) is 55.0 Å². The Morgan fingerprint density at radius 1 is 1.24 bits per heavy atom. The summed E-state index contributed by atoms with van der Waals surface area (Å²) in [7, 11) is 2.07. The lowest BCUT2D eigenvalue weighted by atomic mass is 10.1. The molecule has 2 aromatic heterocycles. The summed E-state index contributed by atoms with van der Waals surface area (Å²) in [5, 5.41) is 0. The molecule has 2 rings (SSSR count). The predicted molar refractivity (Wildman–Crippen MR) is 87.4 cm³/mol. The van der Waals surface area contributed by atoms with Gasteiger partial charge >= 0.3 is 0 Å². The Morgan fingerprint density at radius 2 is 2.05 bits per heavy atom. The van der Waals surface area contributed by atoms with E-state index in [2.05, 4.69) is 49.0 Å². The number of rotatable bonds is 6. The fourth-order valence-corrected chi connectivity index (χ4v) is 2.15. The Hall–Kier alpha value is -1.94. The second kappa shape index (κ2) is 7.18. The highest BCUT2D eigenvalue weighted by molar-refractivity contribution is 5.42. The van der Waals surface area contributed by atoms with Gasteiger partial charge in [-0.2, -0.15) is 0 Å². The van der Waals surface area contributed by atoms with E-state index in [4.69, 9.17) is 10.7 Å². The minimum Gasteiger partial charge on any atom is -0.359 e. The molecular weight excluding hydrogens is 260 g/mol. The van der Waals surface area contributed by atoms with Crippen molar-refractivity contribution in [3.05, 3.63) is 53.5 Å². The summed E-state index contributed by atoms with van der Waals surface area (Å²) in [5.41, 5.74) is 9.12. The maximum atomic E-state index is 5.80. The summed E-state index contributed by atoms with van der Waals surface area (Å²) in [6.07, 6.45) is 2.74. The summed E-state index contributed by atoms with van der Waals surface area (Å²) in [6, 6.07) is 10.2. The van der Waals surface area contributed by atoms with Crippen molar-refractivity contribution in [3.8, 4) is 0 Å². The van der Waals surface area contributed by atoms with Gasteiger partial charge in [-0.3, -0.25) is 4.98 Å². The van der Waals surface area contributed by atoms with Gasteiger partial charge in [0.05, 0.1) is 0 Å². The summed E-state index contributed by atoms with van der Waals surface area (Å²) in [6.45, 7) is 5.74. The first kappa shape index (κ1) is 15.4. The van der Waals surface area contributed by atoms with Gasteiger partial charge in [0.2, 0.25) is 0 Å². The summed E-state index contributed by atoms with van der Waals surface area (Å²) in [5.74, 6) is 1.39. The Bertz CT molecular complexity index is 566. The van der Waals surface area contributed by atoms with Crippen molar-refractivity contribution in [2.24, 2.45) is 5.73 Å². The van der Waals surface area contributed by atoms with Crippen molar-refractivity contribution in [1.82, 2.24) is 9.97 Å². The number of hydrogen-bond acceptors (Lipinski definition) is 4. The smallest absolute Gasteiger partial charge is 0.128 e. The molecule has 0 saturated heterocycles. The normalized spacial score (nSPS) is 10.9. The average molecular weight is 284 g/mol. The van der Waals surface area contributed by atoms with Gasteiger partial charge < -0.3 is 10.6 Å². The molecule has 4 nitrogen and oxygen atoms in total. The van der Waals surface area contributed by atoms with Crippen LogP contribution in [0.15, 0.2) is 36.5 Å². The van der Waals surface area contributed by atoms with E-state index in [-0.39, 0.29) is 0 Å². The molecule has 0 spiro atoms. The summed E-state index contributed by atoms with van der Waals surface area (Å²) >= 11 is 0. The standard InChI is InChI=1S/C17H24N4/c1-13(2)16-10-14(12-18)11-17(20-16)21(3)9-7-15-6-4-5-8-19-15/h4-6,8,10-11,13H,7,9,12,18H2,1-3H3. The van der Waals surface area contributed by atoms with Crippen LogP contribution in [-0.4, -0.2) is 23.6 Å². The quantitative estimate of drug-likeness (QED) is 0.886. The van der Waals surface area contributed by atoms with Crippen LogP contribution >= 0.6 is 0 Å². The van der Waals surface area contributed by atoms with Gasteiger partial charge in [0.15, 0.2) is 0 Å². The Kier molecular flexibility index (Phi) is 5.28.